The third-order valence-electron chi connectivity index (χ3n) is 6.23. The summed E-state index contributed by atoms with van der Waals surface area (Å²) in [6.07, 6.45) is 13.6. The van der Waals surface area contributed by atoms with E-state index < -0.39 is 0 Å². The van der Waals surface area contributed by atoms with Gasteiger partial charge in [-0.2, -0.15) is 0 Å². The Morgan fingerprint density at radius 3 is 3.00 bits per heavy atom. The summed E-state index contributed by atoms with van der Waals surface area (Å²) in [4.78, 5) is 23.9. The normalized spacial score (nSPS) is 20.9. The highest BCUT2D eigenvalue weighted by molar-refractivity contribution is 5.95. The summed E-state index contributed by atoms with van der Waals surface area (Å²) in [5.74, 6) is 0.645. The van der Waals surface area contributed by atoms with Crippen LogP contribution < -0.4 is 5.32 Å². The van der Waals surface area contributed by atoms with Crippen molar-refractivity contribution in [3.05, 3.63) is 47.8 Å². The number of rotatable bonds is 10. The summed E-state index contributed by atoms with van der Waals surface area (Å²) in [6.45, 7) is 8.67. The van der Waals surface area contributed by atoms with Crippen molar-refractivity contribution in [3.63, 3.8) is 0 Å². The first-order chi connectivity index (χ1) is 15.5. The number of aromatic amines is 1. The van der Waals surface area contributed by atoms with E-state index in [2.05, 4.69) is 34.0 Å². The van der Waals surface area contributed by atoms with E-state index >= 15 is 0 Å². The number of carbonyl (C=O) groups is 1. The largest absolute Gasteiger partial charge is 0.354 e. The lowest BCUT2D eigenvalue weighted by Crippen LogP contribution is -2.38. The predicted molar refractivity (Wildman–Crippen MR) is 126 cm³/mol. The zero-order valence-corrected chi connectivity index (χ0v) is 19.1. The summed E-state index contributed by atoms with van der Waals surface area (Å²) in [6, 6.07) is 0.136. The van der Waals surface area contributed by atoms with Crippen molar-refractivity contribution >= 4 is 17.8 Å². The molecule has 1 aromatic rings. The first-order valence-electron chi connectivity index (χ1n) is 11.6. The summed E-state index contributed by atoms with van der Waals surface area (Å²) >= 11 is 0. The van der Waals surface area contributed by atoms with Crippen LogP contribution >= 0.6 is 0 Å². The maximum atomic E-state index is 13.7. The smallest absolute Gasteiger partial charge is 0.269 e. The van der Waals surface area contributed by atoms with Gasteiger partial charge in [-0.25, -0.2) is 9.37 Å². The van der Waals surface area contributed by atoms with Crippen molar-refractivity contribution in [1.29, 1.82) is 5.41 Å². The summed E-state index contributed by atoms with van der Waals surface area (Å²) in [5, 5.41) is 11.4. The van der Waals surface area contributed by atoms with Gasteiger partial charge in [0.25, 0.3) is 5.91 Å². The van der Waals surface area contributed by atoms with E-state index in [9.17, 15) is 9.18 Å². The highest BCUT2D eigenvalue weighted by atomic mass is 19.1. The number of imidazole rings is 1. The lowest BCUT2D eigenvalue weighted by atomic mass is 9.90. The number of amidine groups is 1. The molecule has 1 fully saturated rings. The monoisotopic (exact) mass is 442 g/mol. The second kappa shape index (κ2) is 11.8. The van der Waals surface area contributed by atoms with Crippen LogP contribution in [0.5, 0.6) is 0 Å². The molecule has 0 bridgehead atoms. The highest BCUT2D eigenvalue weighted by Crippen LogP contribution is 2.31. The van der Waals surface area contributed by atoms with E-state index in [1.54, 1.807) is 18.2 Å². The van der Waals surface area contributed by atoms with Crippen LogP contribution in [0.15, 0.2) is 36.3 Å². The fourth-order valence-electron chi connectivity index (χ4n) is 4.40. The molecular formula is C24H35FN6O. The van der Waals surface area contributed by atoms with Crippen molar-refractivity contribution in [3.8, 4) is 0 Å². The topological polar surface area (TPSA) is 88.1 Å². The Kier molecular flexibility index (Phi) is 8.79. The molecule has 1 aliphatic heterocycles. The summed E-state index contributed by atoms with van der Waals surface area (Å²) in [5.41, 5.74) is 0.410. The average Bonchev–Trinajstić information content (AvgIpc) is 3.47. The molecule has 0 radical (unpaired) electrons. The Hall–Kier alpha value is -2.74. The number of likely N-dealkylation sites (tertiary alicyclic amines) is 1. The van der Waals surface area contributed by atoms with Crippen LogP contribution in [0.1, 0.15) is 55.8 Å². The van der Waals surface area contributed by atoms with Gasteiger partial charge in [0.1, 0.15) is 23.2 Å². The van der Waals surface area contributed by atoms with E-state index in [0.717, 1.165) is 51.9 Å². The zero-order valence-electron chi connectivity index (χ0n) is 19.1. The van der Waals surface area contributed by atoms with Crippen molar-refractivity contribution in [2.24, 2.45) is 5.92 Å². The lowest BCUT2D eigenvalue weighted by Gasteiger charge is -2.31. The maximum Gasteiger partial charge on any atom is 0.269 e. The molecule has 8 heteroatoms. The first kappa shape index (κ1) is 23.9. The number of carbonyl (C=O) groups excluding carboxylic acids is 1. The van der Waals surface area contributed by atoms with E-state index in [1.807, 2.05) is 11.0 Å². The van der Waals surface area contributed by atoms with Crippen molar-refractivity contribution < 1.29 is 9.18 Å². The van der Waals surface area contributed by atoms with E-state index in [-0.39, 0.29) is 23.7 Å². The second-order valence-corrected chi connectivity index (χ2v) is 8.29. The lowest BCUT2D eigenvalue weighted by molar-refractivity contribution is 0.0947. The Bertz CT molecular complexity index is 870. The number of halogens is 1. The fraction of sp³-hybridized carbons (Fsp3) is 0.542. The van der Waals surface area contributed by atoms with Gasteiger partial charge in [-0.1, -0.05) is 19.9 Å². The van der Waals surface area contributed by atoms with Gasteiger partial charge < -0.3 is 20.1 Å². The minimum Gasteiger partial charge on any atom is -0.354 e. The number of aromatic nitrogens is 2. The van der Waals surface area contributed by atoms with Gasteiger partial charge in [-0.05, 0) is 69.6 Å². The van der Waals surface area contributed by atoms with Crippen molar-refractivity contribution in [2.45, 2.75) is 45.6 Å². The molecule has 174 valence electrons. The quantitative estimate of drug-likeness (QED) is 0.293. The number of nitrogens with one attached hydrogen (secondary N) is 3. The molecule has 3 rings (SSSR count). The number of hydrogen-bond acceptors (Lipinski definition) is 4. The molecule has 1 aliphatic carbocycles. The highest BCUT2D eigenvalue weighted by Gasteiger charge is 2.32. The van der Waals surface area contributed by atoms with Gasteiger partial charge in [0.05, 0.1) is 6.20 Å². The predicted octanol–water partition coefficient (Wildman–Crippen LogP) is 3.76. The standard InChI is InChI=1S/C24H35FN6O/c1-3-30(4-2)14-7-13-27-24(32)20-17-28-23(29-20)12-11-22(26)31-15-6-10-21(31)18-8-5-9-19(25)16-18/h5,9,11-12,16-18,21,26H,3-4,6-8,10,13-15H2,1-2H3,(H,27,32)(H,28,29)/b12-11-,26-22?. The van der Waals surface area contributed by atoms with Crippen molar-refractivity contribution in [2.75, 3.05) is 32.7 Å². The van der Waals surface area contributed by atoms with Gasteiger partial charge >= 0.3 is 0 Å². The van der Waals surface area contributed by atoms with Crippen LogP contribution in [-0.2, 0) is 0 Å². The fourth-order valence-corrected chi connectivity index (χ4v) is 4.40. The van der Waals surface area contributed by atoms with Crippen LogP contribution in [0.2, 0.25) is 0 Å². The zero-order chi connectivity index (χ0) is 22.9. The molecule has 2 unspecified atom stereocenters. The molecule has 1 amide bonds. The molecule has 0 spiro atoms. The number of hydrogen-bond donors (Lipinski definition) is 3. The van der Waals surface area contributed by atoms with Gasteiger partial charge in [-0.3, -0.25) is 10.2 Å². The summed E-state index contributed by atoms with van der Waals surface area (Å²) < 4.78 is 13.7. The van der Waals surface area contributed by atoms with Crippen LogP contribution in [0.25, 0.3) is 6.08 Å². The van der Waals surface area contributed by atoms with Gasteiger partial charge in [0.15, 0.2) is 0 Å². The molecule has 32 heavy (non-hydrogen) atoms. The Morgan fingerprint density at radius 2 is 2.25 bits per heavy atom. The molecule has 7 nitrogen and oxygen atoms in total. The van der Waals surface area contributed by atoms with Crippen LogP contribution in [0.4, 0.5) is 4.39 Å². The minimum atomic E-state index is -0.190. The molecule has 2 aliphatic rings. The third-order valence-corrected chi connectivity index (χ3v) is 6.23. The number of nitrogens with zero attached hydrogens (tertiary/aromatic N) is 3. The van der Waals surface area contributed by atoms with Gasteiger partial charge in [0, 0.05) is 25.0 Å². The number of amides is 1. The number of allylic oxidation sites excluding steroid dienone is 3. The SMILES string of the molecule is CCN(CC)CCCNC(=O)c1cnc(/C=C\C(=N)N2CCCC2C2C=C(F)C=CC2)[nH]1. The Labute approximate surface area is 190 Å². The van der Waals surface area contributed by atoms with Gasteiger partial charge in [-0.15, -0.1) is 0 Å². The maximum absolute atomic E-state index is 13.7. The number of H-pyrrole nitrogens is 1. The minimum absolute atomic E-state index is 0.0943. The molecule has 0 aromatic carbocycles. The molecular weight excluding hydrogens is 407 g/mol. The molecule has 2 atom stereocenters. The Morgan fingerprint density at radius 1 is 1.44 bits per heavy atom. The molecule has 0 saturated carbocycles. The third kappa shape index (κ3) is 6.38. The molecule has 1 aromatic heterocycles. The van der Waals surface area contributed by atoms with E-state index in [0.29, 0.717) is 23.9 Å². The second-order valence-electron chi connectivity index (χ2n) is 8.29. The van der Waals surface area contributed by atoms with Crippen LogP contribution in [0, 0.1) is 11.3 Å². The van der Waals surface area contributed by atoms with Crippen LogP contribution in [-0.4, -0.2) is 70.3 Å². The molecule has 1 saturated heterocycles. The van der Waals surface area contributed by atoms with Crippen LogP contribution in [0.3, 0.4) is 0 Å². The van der Waals surface area contributed by atoms with Gasteiger partial charge in [0.2, 0.25) is 0 Å². The Balaban J connectivity index is 1.50. The molecule has 2 heterocycles. The van der Waals surface area contributed by atoms with E-state index in [1.165, 1.54) is 12.3 Å². The molecule has 3 N–H and O–H groups in total. The average molecular weight is 443 g/mol. The first-order valence-corrected chi connectivity index (χ1v) is 11.6. The summed E-state index contributed by atoms with van der Waals surface area (Å²) in [7, 11) is 0. The van der Waals surface area contributed by atoms with E-state index in [4.69, 9.17) is 5.41 Å². The van der Waals surface area contributed by atoms with Crippen molar-refractivity contribution in [1.82, 2.24) is 25.1 Å².